The summed E-state index contributed by atoms with van der Waals surface area (Å²) < 4.78 is 29.4. The number of rotatable bonds is 3. The Morgan fingerprint density at radius 3 is 2.50 bits per heavy atom. The lowest BCUT2D eigenvalue weighted by atomic mass is 9.96. The molecular formula is C15H22N2O2S. The standard InChI is InChI=1S/C15H22N2O2S/c18-20(19,16-15-8-2-1-3-9-15)17-11-10-13-6-4-5-7-14(13)12-17/h4-7,15-16H,1-3,8-12H2. The van der Waals surface area contributed by atoms with E-state index >= 15 is 0 Å². The Bertz CT molecular complexity index is 565. The van der Waals surface area contributed by atoms with Gasteiger partial charge >= 0.3 is 0 Å². The molecule has 0 saturated heterocycles. The zero-order valence-electron chi connectivity index (χ0n) is 11.7. The van der Waals surface area contributed by atoms with Crippen molar-refractivity contribution in [1.82, 2.24) is 9.03 Å². The zero-order chi connectivity index (χ0) is 14.0. The van der Waals surface area contributed by atoms with Crippen LogP contribution in [0.3, 0.4) is 0 Å². The quantitative estimate of drug-likeness (QED) is 0.929. The fourth-order valence-electron chi connectivity index (χ4n) is 3.18. The molecule has 0 spiro atoms. The normalized spacial score (nSPS) is 21.6. The van der Waals surface area contributed by atoms with E-state index in [0.29, 0.717) is 13.1 Å². The van der Waals surface area contributed by atoms with Crippen molar-refractivity contribution in [3.63, 3.8) is 0 Å². The highest BCUT2D eigenvalue weighted by molar-refractivity contribution is 7.87. The summed E-state index contributed by atoms with van der Waals surface area (Å²) in [5, 5.41) is 0. The van der Waals surface area contributed by atoms with Crippen LogP contribution >= 0.6 is 0 Å². The van der Waals surface area contributed by atoms with Crippen molar-refractivity contribution >= 4 is 10.2 Å². The monoisotopic (exact) mass is 294 g/mol. The average Bonchev–Trinajstić information content (AvgIpc) is 2.47. The van der Waals surface area contributed by atoms with Gasteiger partial charge in [-0.25, -0.2) is 0 Å². The summed E-state index contributed by atoms with van der Waals surface area (Å²) in [5.74, 6) is 0. The summed E-state index contributed by atoms with van der Waals surface area (Å²) in [4.78, 5) is 0. The number of nitrogens with zero attached hydrogens (tertiary/aromatic N) is 1. The molecule has 110 valence electrons. The first-order valence-electron chi connectivity index (χ1n) is 7.49. The van der Waals surface area contributed by atoms with Gasteiger partial charge in [0, 0.05) is 19.1 Å². The average molecular weight is 294 g/mol. The van der Waals surface area contributed by atoms with Crippen LogP contribution in [0.2, 0.25) is 0 Å². The topological polar surface area (TPSA) is 49.4 Å². The first-order valence-corrected chi connectivity index (χ1v) is 8.93. The van der Waals surface area contributed by atoms with Gasteiger partial charge in [-0.1, -0.05) is 43.5 Å². The summed E-state index contributed by atoms with van der Waals surface area (Å²) in [7, 11) is -3.34. The molecule has 1 N–H and O–H groups in total. The van der Waals surface area contributed by atoms with Gasteiger partial charge in [0.25, 0.3) is 10.2 Å². The van der Waals surface area contributed by atoms with Gasteiger partial charge in [0.2, 0.25) is 0 Å². The second-order valence-electron chi connectivity index (χ2n) is 5.81. The third-order valence-corrected chi connectivity index (χ3v) is 5.98. The molecule has 2 aliphatic rings. The minimum absolute atomic E-state index is 0.130. The summed E-state index contributed by atoms with van der Waals surface area (Å²) in [6, 6.07) is 8.24. The van der Waals surface area contributed by atoms with Crippen LogP contribution in [0.4, 0.5) is 0 Å². The minimum atomic E-state index is -3.34. The van der Waals surface area contributed by atoms with Crippen LogP contribution in [0, 0.1) is 0 Å². The molecular weight excluding hydrogens is 272 g/mol. The highest BCUT2D eigenvalue weighted by Gasteiger charge is 2.29. The Morgan fingerprint density at radius 2 is 1.75 bits per heavy atom. The van der Waals surface area contributed by atoms with Crippen LogP contribution in [0.15, 0.2) is 24.3 Å². The zero-order valence-corrected chi connectivity index (χ0v) is 12.5. The summed E-state index contributed by atoms with van der Waals surface area (Å²) in [6.45, 7) is 1.08. The lowest BCUT2D eigenvalue weighted by Gasteiger charge is -2.31. The van der Waals surface area contributed by atoms with E-state index in [2.05, 4.69) is 10.8 Å². The Morgan fingerprint density at radius 1 is 1.05 bits per heavy atom. The van der Waals surface area contributed by atoms with Crippen LogP contribution in [-0.4, -0.2) is 25.3 Å². The molecule has 1 aromatic rings. The first kappa shape index (κ1) is 14.0. The van der Waals surface area contributed by atoms with Crippen molar-refractivity contribution in [1.29, 1.82) is 0 Å². The molecule has 5 heteroatoms. The predicted octanol–water partition coefficient (Wildman–Crippen LogP) is 2.21. The molecule has 1 fully saturated rings. The third-order valence-electron chi connectivity index (χ3n) is 4.36. The van der Waals surface area contributed by atoms with E-state index in [0.717, 1.165) is 37.7 Å². The van der Waals surface area contributed by atoms with E-state index in [-0.39, 0.29) is 6.04 Å². The van der Waals surface area contributed by atoms with Gasteiger partial charge in [0.05, 0.1) is 0 Å². The highest BCUT2D eigenvalue weighted by atomic mass is 32.2. The van der Waals surface area contributed by atoms with Crippen molar-refractivity contribution in [2.24, 2.45) is 0 Å². The molecule has 0 aromatic heterocycles. The van der Waals surface area contributed by atoms with Gasteiger partial charge in [-0.2, -0.15) is 17.4 Å². The predicted molar refractivity (Wildman–Crippen MR) is 79.5 cm³/mol. The van der Waals surface area contributed by atoms with Gasteiger partial charge in [-0.05, 0) is 30.4 Å². The molecule has 0 bridgehead atoms. The Kier molecular flexibility index (Phi) is 4.10. The molecule has 20 heavy (non-hydrogen) atoms. The van der Waals surface area contributed by atoms with E-state index in [1.807, 2.05) is 18.2 Å². The molecule has 4 nitrogen and oxygen atoms in total. The lowest BCUT2D eigenvalue weighted by Crippen LogP contribution is -2.47. The van der Waals surface area contributed by atoms with Crippen molar-refractivity contribution in [3.8, 4) is 0 Å². The Hall–Kier alpha value is -0.910. The van der Waals surface area contributed by atoms with Gasteiger partial charge in [-0.3, -0.25) is 0 Å². The van der Waals surface area contributed by atoms with Gasteiger partial charge in [0.1, 0.15) is 0 Å². The fourth-order valence-corrected chi connectivity index (χ4v) is 4.63. The molecule has 1 aliphatic heterocycles. The minimum Gasteiger partial charge on any atom is -0.199 e. The second-order valence-corrected chi connectivity index (χ2v) is 7.51. The SMILES string of the molecule is O=S(=O)(NC1CCCCC1)N1CCc2ccccc2C1. The second kappa shape index (κ2) is 5.84. The maximum absolute atomic E-state index is 12.5. The van der Waals surface area contributed by atoms with Crippen molar-refractivity contribution < 1.29 is 8.42 Å². The van der Waals surface area contributed by atoms with Gasteiger partial charge < -0.3 is 0 Å². The fraction of sp³-hybridized carbons (Fsp3) is 0.600. The van der Waals surface area contributed by atoms with E-state index in [1.54, 1.807) is 4.31 Å². The highest BCUT2D eigenvalue weighted by Crippen LogP contribution is 2.22. The van der Waals surface area contributed by atoms with Crippen LogP contribution < -0.4 is 4.72 Å². The summed E-state index contributed by atoms with van der Waals surface area (Å²) in [6.07, 6.45) is 6.26. The largest absolute Gasteiger partial charge is 0.280 e. The molecule has 0 unspecified atom stereocenters. The van der Waals surface area contributed by atoms with Crippen LogP contribution in [0.5, 0.6) is 0 Å². The molecule has 0 atom stereocenters. The van der Waals surface area contributed by atoms with Crippen LogP contribution in [0.1, 0.15) is 43.2 Å². The molecule has 1 heterocycles. The Balaban J connectivity index is 1.69. The van der Waals surface area contributed by atoms with Gasteiger partial charge in [0.15, 0.2) is 0 Å². The van der Waals surface area contributed by atoms with Crippen molar-refractivity contribution in [3.05, 3.63) is 35.4 Å². The van der Waals surface area contributed by atoms with Crippen molar-refractivity contribution in [2.75, 3.05) is 6.54 Å². The Labute approximate surface area is 121 Å². The number of benzene rings is 1. The smallest absolute Gasteiger partial charge is 0.199 e. The first-order chi connectivity index (χ1) is 9.65. The molecule has 3 rings (SSSR count). The molecule has 0 radical (unpaired) electrons. The van der Waals surface area contributed by atoms with Crippen LogP contribution in [0.25, 0.3) is 0 Å². The number of hydrogen-bond donors (Lipinski definition) is 1. The maximum Gasteiger partial charge on any atom is 0.280 e. The van der Waals surface area contributed by atoms with Crippen molar-refractivity contribution in [2.45, 2.75) is 51.1 Å². The summed E-state index contributed by atoms with van der Waals surface area (Å²) in [5.41, 5.74) is 2.41. The van der Waals surface area contributed by atoms with E-state index < -0.39 is 10.2 Å². The van der Waals surface area contributed by atoms with E-state index in [4.69, 9.17) is 0 Å². The summed E-state index contributed by atoms with van der Waals surface area (Å²) >= 11 is 0. The maximum atomic E-state index is 12.5. The van der Waals surface area contributed by atoms with Gasteiger partial charge in [-0.15, -0.1) is 0 Å². The number of hydrogen-bond acceptors (Lipinski definition) is 2. The molecule has 0 amide bonds. The number of nitrogens with one attached hydrogen (secondary N) is 1. The third kappa shape index (κ3) is 3.05. The molecule has 1 aromatic carbocycles. The molecule has 1 aliphatic carbocycles. The lowest BCUT2D eigenvalue weighted by molar-refractivity contribution is 0.359. The van der Waals surface area contributed by atoms with E-state index in [1.165, 1.54) is 12.0 Å². The van der Waals surface area contributed by atoms with Crippen LogP contribution in [-0.2, 0) is 23.2 Å². The molecule has 1 saturated carbocycles. The number of fused-ring (bicyclic) bond motifs is 1. The van der Waals surface area contributed by atoms with E-state index in [9.17, 15) is 8.42 Å².